The van der Waals surface area contributed by atoms with Gasteiger partial charge in [-0.3, -0.25) is 4.84 Å². The summed E-state index contributed by atoms with van der Waals surface area (Å²) in [5, 5.41) is 2.68. The first-order valence-electron chi connectivity index (χ1n) is 5.07. The van der Waals surface area contributed by atoms with Crippen LogP contribution in [-0.4, -0.2) is 25.4 Å². The fourth-order valence-electron chi connectivity index (χ4n) is 1.11. The van der Waals surface area contributed by atoms with E-state index in [9.17, 15) is 4.79 Å². The minimum Gasteiger partial charge on any atom is -0.336 e. The lowest BCUT2D eigenvalue weighted by atomic mass is 10.4. The van der Waals surface area contributed by atoms with Gasteiger partial charge < -0.3 is 5.32 Å². The molecule has 2 N–H and O–H groups in total. The lowest BCUT2D eigenvalue weighted by Crippen LogP contribution is -2.35. The van der Waals surface area contributed by atoms with Crippen LogP contribution in [0, 0.1) is 0 Å². The van der Waals surface area contributed by atoms with Gasteiger partial charge in [-0.1, -0.05) is 18.2 Å². The zero-order chi connectivity index (χ0) is 11.6. The van der Waals surface area contributed by atoms with Gasteiger partial charge in [0, 0.05) is 11.4 Å². The summed E-state index contributed by atoms with van der Waals surface area (Å²) in [5.41, 5.74) is 2.20. The highest BCUT2D eigenvalue weighted by Gasteiger charge is 1.97. The largest absolute Gasteiger partial charge is 0.338 e. The average molecular weight is 240 g/mol. The number of benzene rings is 1. The molecule has 2 amide bonds. The lowest BCUT2D eigenvalue weighted by molar-refractivity contribution is 0.107. The Morgan fingerprint density at radius 2 is 2.12 bits per heavy atom. The van der Waals surface area contributed by atoms with Crippen LogP contribution in [0.15, 0.2) is 35.2 Å². The third kappa shape index (κ3) is 5.63. The van der Waals surface area contributed by atoms with E-state index in [2.05, 4.69) is 27.8 Å². The van der Waals surface area contributed by atoms with Gasteiger partial charge in [-0.05, 0) is 24.3 Å². The number of thioether (sulfide) groups is 1. The fraction of sp³-hybridized carbons (Fsp3) is 0.364. The summed E-state index contributed by atoms with van der Waals surface area (Å²) in [6, 6.07) is 9.90. The van der Waals surface area contributed by atoms with Gasteiger partial charge in [0.05, 0.1) is 7.11 Å². The van der Waals surface area contributed by atoms with Gasteiger partial charge >= 0.3 is 6.03 Å². The van der Waals surface area contributed by atoms with Gasteiger partial charge in [0.25, 0.3) is 0 Å². The Labute approximate surface area is 99.7 Å². The summed E-state index contributed by atoms with van der Waals surface area (Å²) in [5.74, 6) is 0.983. The number of urea groups is 1. The first-order chi connectivity index (χ1) is 7.83. The molecule has 0 saturated heterocycles. The van der Waals surface area contributed by atoms with E-state index in [0.717, 1.165) is 12.2 Å². The van der Waals surface area contributed by atoms with Crippen molar-refractivity contribution in [2.24, 2.45) is 0 Å². The smallest absolute Gasteiger partial charge is 0.336 e. The van der Waals surface area contributed by atoms with Crippen molar-refractivity contribution in [3.8, 4) is 0 Å². The molecule has 0 aliphatic heterocycles. The zero-order valence-corrected chi connectivity index (χ0v) is 10.0. The van der Waals surface area contributed by atoms with Crippen LogP contribution in [-0.2, 0) is 4.84 Å². The molecule has 0 aliphatic carbocycles. The van der Waals surface area contributed by atoms with Crippen LogP contribution in [0.3, 0.4) is 0 Å². The lowest BCUT2D eigenvalue weighted by Gasteiger charge is -2.05. The van der Waals surface area contributed by atoms with Crippen molar-refractivity contribution in [3.63, 3.8) is 0 Å². The maximum Gasteiger partial charge on any atom is 0.338 e. The summed E-state index contributed by atoms with van der Waals surface area (Å²) in [6.45, 7) is 0.648. The van der Waals surface area contributed by atoms with Crippen molar-refractivity contribution in [2.75, 3.05) is 19.4 Å². The van der Waals surface area contributed by atoms with Crippen LogP contribution in [0.25, 0.3) is 0 Å². The number of hydrogen-bond donors (Lipinski definition) is 2. The SMILES string of the molecule is CONC(=O)NCCCSc1ccccc1. The summed E-state index contributed by atoms with van der Waals surface area (Å²) in [6.07, 6.45) is 0.927. The van der Waals surface area contributed by atoms with Gasteiger partial charge in [0.15, 0.2) is 0 Å². The third-order valence-electron chi connectivity index (χ3n) is 1.81. The van der Waals surface area contributed by atoms with Crippen molar-refractivity contribution in [1.29, 1.82) is 0 Å². The monoisotopic (exact) mass is 240 g/mol. The van der Waals surface area contributed by atoms with Crippen LogP contribution < -0.4 is 10.8 Å². The minimum absolute atomic E-state index is 0.299. The number of carbonyl (C=O) groups excluding carboxylic acids is 1. The molecule has 0 unspecified atom stereocenters. The Morgan fingerprint density at radius 1 is 1.38 bits per heavy atom. The second kappa shape index (κ2) is 8.01. The molecule has 0 heterocycles. The molecule has 0 atom stereocenters. The Kier molecular flexibility index (Phi) is 6.44. The van der Waals surface area contributed by atoms with E-state index in [0.29, 0.717) is 6.54 Å². The number of nitrogens with one attached hydrogen (secondary N) is 2. The molecule has 1 aromatic carbocycles. The Hall–Kier alpha value is -1.20. The molecule has 1 aromatic rings. The highest BCUT2D eigenvalue weighted by molar-refractivity contribution is 7.99. The van der Waals surface area contributed by atoms with E-state index in [1.54, 1.807) is 11.8 Å². The standard InChI is InChI=1S/C11H16N2O2S/c1-15-13-11(14)12-8-5-9-16-10-6-3-2-4-7-10/h2-4,6-7H,5,8-9H2,1H3,(H2,12,13,14). The van der Waals surface area contributed by atoms with E-state index in [-0.39, 0.29) is 6.03 Å². The maximum atomic E-state index is 10.9. The van der Waals surface area contributed by atoms with Crippen molar-refractivity contribution >= 4 is 17.8 Å². The first-order valence-corrected chi connectivity index (χ1v) is 6.06. The Morgan fingerprint density at radius 3 is 2.81 bits per heavy atom. The van der Waals surface area contributed by atoms with E-state index >= 15 is 0 Å². The summed E-state index contributed by atoms with van der Waals surface area (Å²) in [7, 11) is 1.41. The summed E-state index contributed by atoms with van der Waals surface area (Å²) in [4.78, 5) is 16.6. The highest BCUT2D eigenvalue weighted by atomic mass is 32.2. The normalized spacial score (nSPS) is 9.81. The number of hydroxylamine groups is 1. The number of carbonyl (C=O) groups is 1. The molecule has 0 aliphatic rings. The highest BCUT2D eigenvalue weighted by Crippen LogP contribution is 2.17. The molecule has 1 rings (SSSR count). The molecule has 4 nitrogen and oxygen atoms in total. The summed E-state index contributed by atoms with van der Waals surface area (Å²) >= 11 is 1.78. The van der Waals surface area contributed by atoms with Crippen molar-refractivity contribution in [3.05, 3.63) is 30.3 Å². The molecule has 0 radical (unpaired) electrons. The van der Waals surface area contributed by atoms with Gasteiger partial charge in [0.1, 0.15) is 0 Å². The van der Waals surface area contributed by atoms with Gasteiger partial charge in [-0.2, -0.15) is 0 Å². The molecule has 5 heteroatoms. The van der Waals surface area contributed by atoms with Crippen molar-refractivity contribution in [2.45, 2.75) is 11.3 Å². The van der Waals surface area contributed by atoms with Gasteiger partial charge in [-0.25, -0.2) is 10.3 Å². The zero-order valence-electron chi connectivity index (χ0n) is 9.23. The van der Waals surface area contributed by atoms with Crippen LogP contribution in [0.1, 0.15) is 6.42 Å². The average Bonchev–Trinajstić information content (AvgIpc) is 2.30. The molecular weight excluding hydrogens is 224 g/mol. The van der Waals surface area contributed by atoms with Gasteiger partial charge in [-0.15, -0.1) is 11.8 Å². The molecule has 0 fully saturated rings. The predicted octanol–water partition coefficient (Wildman–Crippen LogP) is 2.03. The number of rotatable bonds is 6. The fourth-order valence-corrected chi connectivity index (χ4v) is 1.98. The van der Waals surface area contributed by atoms with Gasteiger partial charge in [0.2, 0.25) is 0 Å². The summed E-state index contributed by atoms with van der Waals surface area (Å²) < 4.78 is 0. The molecule has 0 spiro atoms. The Balaban J connectivity index is 2.02. The van der Waals surface area contributed by atoms with Crippen molar-refractivity contribution in [1.82, 2.24) is 10.8 Å². The van der Waals surface area contributed by atoms with Crippen molar-refractivity contribution < 1.29 is 9.63 Å². The minimum atomic E-state index is -0.299. The second-order valence-electron chi connectivity index (χ2n) is 3.08. The molecular formula is C11H16N2O2S. The third-order valence-corrected chi connectivity index (χ3v) is 2.91. The molecule has 0 saturated carbocycles. The number of hydrogen-bond acceptors (Lipinski definition) is 3. The van der Waals surface area contributed by atoms with E-state index in [1.807, 2.05) is 18.2 Å². The van der Waals surface area contributed by atoms with E-state index in [1.165, 1.54) is 12.0 Å². The predicted molar refractivity (Wildman–Crippen MR) is 65.3 cm³/mol. The molecule has 16 heavy (non-hydrogen) atoms. The van der Waals surface area contributed by atoms with Crippen LogP contribution in [0.2, 0.25) is 0 Å². The van der Waals surface area contributed by atoms with E-state index in [4.69, 9.17) is 0 Å². The maximum absolute atomic E-state index is 10.9. The Bertz CT molecular complexity index is 306. The van der Waals surface area contributed by atoms with Crippen LogP contribution in [0.4, 0.5) is 4.79 Å². The molecule has 0 aromatic heterocycles. The van der Waals surface area contributed by atoms with E-state index < -0.39 is 0 Å². The van der Waals surface area contributed by atoms with Crippen LogP contribution in [0.5, 0.6) is 0 Å². The quantitative estimate of drug-likeness (QED) is 0.454. The second-order valence-corrected chi connectivity index (χ2v) is 4.25. The molecule has 88 valence electrons. The molecule has 0 bridgehead atoms. The first kappa shape index (κ1) is 12.9. The topological polar surface area (TPSA) is 50.4 Å². The number of amides is 2. The van der Waals surface area contributed by atoms with Crippen LogP contribution >= 0.6 is 11.8 Å².